The van der Waals surface area contributed by atoms with Crippen molar-refractivity contribution in [3.8, 4) is 5.88 Å². The van der Waals surface area contributed by atoms with Crippen LogP contribution in [0.15, 0.2) is 18.3 Å². The SMILES string of the molecule is COc1cc(N2CCC(O)CC2)ccn1. The molecule has 1 fully saturated rings. The summed E-state index contributed by atoms with van der Waals surface area (Å²) in [6.45, 7) is 1.79. The number of aliphatic hydroxyl groups excluding tert-OH is 1. The third-order valence-corrected chi connectivity index (χ3v) is 2.76. The van der Waals surface area contributed by atoms with Crippen LogP contribution in [0.1, 0.15) is 12.8 Å². The number of pyridine rings is 1. The second-order valence-corrected chi connectivity index (χ2v) is 3.77. The summed E-state index contributed by atoms with van der Waals surface area (Å²) in [5.74, 6) is 0.638. The van der Waals surface area contributed by atoms with Crippen LogP contribution in [0.4, 0.5) is 5.69 Å². The van der Waals surface area contributed by atoms with Crippen LogP contribution in [0.3, 0.4) is 0 Å². The molecule has 0 atom stereocenters. The largest absolute Gasteiger partial charge is 0.481 e. The fourth-order valence-electron chi connectivity index (χ4n) is 1.83. The molecule has 0 aliphatic carbocycles. The summed E-state index contributed by atoms with van der Waals surface area (Å²) in [7, 11) is 1.62. The van der Waals surface area contributed by atoms with E-state index in [4.69, 9.17) is 4.74 Å². The smallest absolute Gasteiger partial charge is 0.214 e. The van der Waals surface area contributed by atoms with E-state index in [9.17, 15) is 5.11 Å². The molecular weight excluding hydrogens is 192 g/mol. The maximum atomic E-state index is 9.41. The number of hydrogen-bond donors (Lipinski definition) is 1. The van der Waals surface area contributed by atoms with Gasteiger partial charge in [0, 0.05) is 31.0 Å². The van der Waals surface area contributed by atoms with Gasteiger partial charge in [0.05, 0.1) is 13.2 Å². The molecule has 0 bridgehead atoms. The zero-order valence-corrected chi connectivity index (χ0v) is 8.89. The van der Waals surface area contributed by atoms with Gasteiger partial charge in [-0.1, -0.05) is 0 Å². The molecule has 0 radical (unpaired) electrons. The highest BCUT2D eigenvalue weighted by Gasteiger charge is 2.17. The molecule has 1 aromatic rings. The molecule has 82 valence electrons. The van der Waals surface area contributed by atoms with E-state index in [0.717, 1.165) is 31.6 Å². The predicted molar refractivity (Wildman–Crippen MR) is 58.2 cm³/mol. The van der Waals surface area contributed by atoms with Gasteiger partial charge in [-0.3, -0.25) is 0 Å². The summed E-state index contributed by atoms with van der Waals surface area (Å²) >= 11 is 0. The number of anilines is 1. The van der Waals surface area contributed by atoms with Crippen LogP contribution in [-0.4, -0.2) is 36.4 Å². The summed E-state index contributed by atoms with van der Waals surface area (Å²) in [6.07, 6.45) is 3.29. The average molecular weight is 208 g/mol. The van der Waals surface area contributed by atoms with Crippen molar-refractivity contribution in [1.29, 1.82) is 0 Å². The van der Waals surface area contributed by atoms with Gasteiger partial charge in [0.15, 0.2) is 0 Å². The molecule has 0 spiro atoms. The minimum Gasteiger partial charge on any atom is -0.481 e. The number of aromatic nitrogens is 1. The highest BCUT2D eigenvalue weighted by Crippen LogP contribution is 2.22. The third-order valence-electron chi connectivity index (χ3n) is 2.76. The van der Waals surface area contributed by atoms with Crippen molar-refractivity contribution >= 4 is 5.69 Å². The van der Waals surface area contributed by atoms with E-state index in [1.807, 2.05) is 12.1 Å². The van der Waals surface area contributed by atoms with E-state index in [2.05, 4.69) is 9.88 Å². The summed E-state index contributed by atoms with van der Waals surface area (Å²) in [5.41, 5.74) is 1.12. The van der Waals surface area contributed by atoms with Crippen LogP contribution < -0.4 is 9.64 Å². The van der Waals surface area contributed by atoms with Crippen molar-refractivity contribution in [2.45, 2.75) is 18.9 Å². The monoisotopic (exact) mass is 208 g/mol. The van der Waals surface area contributed by atoms with Gasteiger partial charge in [0.1, 0.15) is 0 Å². The minimum absolute atomic E-state index is 0.134. The maximum absolute atomic E-state index is 9.41. The Hall–Kier alpha value is -1.29. The Bertz CT molecular complexity index is 322. The number of nitrogens with zero attached hydrogens (tertiary/aromatic N) is 2. The first-order valence-corrected chi connectivity index (χ1v) is 5.22. The van der Waals surface area contributed by atoms with Gasteiger partial charge in [-0.15, -0.1) is 0 Å². The molecular formula is C11H16N2O2. The number of ether oxygens (including phenoxy) is 1. The molecule has 1 aliphatic rings. The third kappa shape index (κ3) is 2.39. The van der Waals surface area contributed by atoms with Crippen LogP contribution >= 0.6 is 0 Å². The first-order chi connectivity index (χ1) is 7.29. The number of rotatable bonds is 2. The van der Waals surface area contributed by atoms with Crippen LogP contribution in [-0.2, 0) is 0 Å². The Balaban J connectivity index is 2.08. The molecule has 4 heteroatoms. The molecule has 1 aromatic heterocycles. The van der Waals surface area contributed by atoms with Crippen LogP contribution in [0, 0.1) is 0 Å². The Morgan fingerprint density at radius 1 is 1.47 bits per heavy atom. The van der Waals surface area contributed by atoms with Crippen molar-refractivity contribution in [3.63, 3.8) is 0 Å². The normalized spacial score (nSPS) is 17.9. The number of hydrogen-bond acceptors (Lipinski definition) is 4. The molecule has 0 unspecified atom stereocenters. The van der Waals surface area contributed by atoms with Crippen LogP contribution in [0.2, 0.25) is 0 Å². The van der Waals surface area contributed by atoms with Gasteiger partial charge >= 0.3 is 0 Å². The lowest BCUT2D eigenvalue weighted by molar-refractivity contribution is 0.145. The van der Waals surface area contributed by atoms with Gasteiger partial charge in [-0.05, 0) is 18.9 Å². The van der Waals surface area contributed by atoms with Gasteiger partial charge in [-0.25, -0.2) is 4.98 Å². The Morgan fingerprint density at radius 2 is 2.20 bits per heavy atom. The van der Waals surface area contributed by atoms with Crippen LogP contribution in [0.5, 0.6) is 5.88 Å². The molecule has 0 amide bonds. The van der Waals surface area contributed by atoms with E-state index in [-0.39, 0.29) is 6.10 Å². The fourth-order valence-corrected chi connectivity index (χ4v) is 1.83. The number of aliphatic hydroxyl groups is 1. The first-order valence-electron chi connectivity index (χ1n) is 5.22. The second-order valence-electron chi connectivity index (χ2n) is 3.77. The van der Waals surface area contributed by atoms with E-state index in [0.29, 0.717) is 5.88 Å². The van der Waals surface area contributed by atoms with Gasteiger partial charge in [-0.2, -0.15) is 0 Å². The van der Waals surface area contributed by atoms with Gasteiger partial charge in [0.25, 0.3) is 0 Å². The summed E-state index contributed by atoms with van der Waals surface area (Å²) in [4.78, 5) is 6.32. The van der Waals surface area contributed by atoms with E-state index >= 15 is 0 Å². The fraction of sp³-hybridized carbons (Fsp3) is 0.545. The quantitative estimate of drug-likeness (QED) is 0.789. The molecule has 1 saturated heterocycles. The molecule has 1 N–H and O–H groups in total. The Morgan fingerprint density at radius 3 is 2.87 bits per heavy atom. The molecule has 2 heterocycles. The zero-order valence-electron chi connectivity index (χ0n) is 8.89. The van der Waals surface area contributed by atoms with Crippen LogP contribution in [0.25, 0.3) is 0 Å². The average Bonchev–Trinajstić information content (AvgIpc) is 2.30. The first kappa shape index (κ1) is 10.2. The number of methoxy groups -OCH3 is 1. The molecule has 15 heavy (non-hydrogen) atoms. The molecule has 0 saturated carbocycles. The number of piperidine rings is 1. The van der Waals surface area contributed by atoms with Gasteiger partial charge < -0.3 is 14.7 Å². The Kier molecular flexibility index (Phi) is 3.06. The summed E-state index contributed by atoms with van der Waals surface area (Å²) < 4.78 is 5.08. The standard InChI is InChI=1S/C11H16N2O2/c1-15-11-8-9(2-5-12-11)13-6-3-10(14)4-7-13/h2,5,8,10,14H,3-4,6-7H2,1H3. The highest BCUT2D eigenvalue weighted by atomic mass is 16.5. The summed E-state index contributed by atoms with van der Waals surface area (Å²) in [6, 6.07) is 3.90. The Labute approximate surface area is 89.5 Å². The lowest BCUT2D eigenvalue weighted by atomic mass is 10.1. The zero-order chi connectivity index (χ0) is 10.7. The molecule has 2 rings (SSSR count). The van der Waals surface area contributed by atoms with Gasteiger partial charge in [0.2, 0.25) is 5.88 Å². The molecule has 0 aromatic carbocycles. The predicted octanol–water partition coefficient (Wildman–Crippen LogP) is 1.05. The minimum atomic E-state index is -0.134. The lowest BCUT2D eigenvalue weighted by Crippen LogP contribution is -2.35. The van der Waals surface area contributed by atoms with Crippen molar-refractivity contribution in [3.05, 3.63) is 18.3 Å². The van der Waals surface area contributed by atoms with E-state index < -0.39 is 0 Å². The topological polar surface area (TPSA) is 45.6 Å². The van der Waals surface area contributed by atoms with Crippen molar-refractivity contribution in [1.82, 2.24) is 4.98 Å². The van der Waals surface area contributed by atoms with Crippen molar-refractivity contribution in [2.24, 2.45) is 0 Å². The highest BCUT2D eigenvalue weighted by molar-refractivity contribution is 5.48. The molecule has 1 aliphatic heterocycles. The molecule has 4 nitrogen and oxygen atoms in total. The van der Waals surface area contributed by atoms with E-state index in [1.165, 1.54) is 0 Å². The lowest BCUT2D eigenvalue weighted by Gasteiger charge is -2.31. The maximum Gasteiger partial charge on any atom is 0.214 e. The van der Waals surface area contributed by atoms with Crippen molar-refractivity contribution in [2.75, 3.05) is 25.1 Å². The van der Waals surface area contributed by atoms with E-state index in [1.54, 1.807) is 13.3 Å². The summed E-state index contributed by atoms with van der Waals surface area (Å²) in [5, 5.41) is 9.41. The van der Waals surface area contributed by atoms with Crippen molar-refractivity contribution < 1.29 is 9.84 Å². The second kappa shape index (κ2) is 4.49.